The van der Waals surface area contributed by atoms with Crippen molar-refractivity contribution in [2.75, 3.05) is 6.26 Å². The second-order valence-corrected chi connectivity index (χ2v) is 8.32. The van der Waals surface area contributed by atoms with Crippen molar-refractivity contribution in [2.24, 2.45) is 0 Å². The van der Waals surface area contributed by atoms with Gasteiger partial charge in [0.1, 0.15) is 6.26 Å². The molecule has 4 rings (SSSR count). The van der Waals surface area contributed by atoms with Crippen molar-refractivity contribution < 1.29 is 12.9 Å². The number of hydrogen-bond acceptors (Lipinski definition) is 6. The van der Waals surface area contributed by atoms with E-state index < -0.39 is 21.1 Å². The third-order valence-electron chi connectivity index (χ3n) is 4.35. The smallest absolute Gasteiger partial charge is 0.329 e. The summed E-state index contributed by atoms with van der Waals surface area (Å²) in [5.74, 6) is 0.320. The molecule has 0 unspecified atom stereocenters. The molecular formula is C16H15N3O5S. The van der Waals surface area contributed by atoms with Crippen molar-refractivity contribution in [3.05, 3.63) is 56.6 Å². The van der Waals surface area contributed by atoms with E-state index in [4.69, 9.17) is 4.52 Å². The van der Waals surface area contributed by atoms with Gasteiger partial charge in [0, 0.05) is 17.7 Å². The molecule has 1 aromatic carbocycles. The van der Waals surface area contributed by atoms with Crippen LogP contribution in [0.3, 0.4) is 0 Å². The third-order valence-corrected chi connectivity index (χ3v) is 5.46. The molecule has 0 spiro atoms. The summed E-state index contributed by atoms with van der Waals surface area (Å²) in [5, 5.41) is 4.11. The molecule has 0 aliphatic heterocycles. The van der Waals surface area contributed by atoms with Gasteiger partial charge >= 0.3 is 5.69 Å². The van der Waals surface area contributed by atoms with E-state index in [1.807, 2.05) is 0 Å². The van der Waals surface area contributed by atoms with E-state index in [1.165, 1.54) is 24.5 Å². The molecule has 2 heterocycles. The quantitative estimate of drug-likeness (QED) is 0.741. The number of aromatic amines is 1. The van der Waals surface area contributed by atoms with Crippen LogP contribution >= 0.6 is 0 Å². The molecule has 3 aromatic rings. The Hall–Kier alpha value is -2.68. The van der Waals surface area contributed by atoms with Gasteiger partial charge < -0.3 is 9.51 Å². The van der Waals surface area contributed by atoms with Crippen LogP contribution in [0, 0.1) is 0 Å². The molecule has 1 N–H and O–H groups in total. The van der Waals surface area contributed by atoms with Gasteiger partial charge in [0.25, 0.3) is 5.56 Å². The maximum atomic E-state index is 12.7. The highest BCUT2D eigenvalue weighted by molar-refractivity contribution is 7.90. The maximum absolute atomic E-state index is 12.7. The fourth-order valence-electron chi connectivity index (χ4n) is 2.85. The Morgan fingerprint density at radius 3 is 2.76 bits per heavy atom. The van der Waals surface area contributed by atoms with Gasteiger partial charge in [0.15, 0.2) is 9.84 Å². The highest BCUT2D eigenvalue weighted by Crippen LogP contribution is 2.40. The first-order chi connectivity index (χ1) is 11.8. The molecule has 0 atom stereocenters. The van der Waals surface area contributed by atoms with Crippen LogP contribution in [0.2, 0.25) is 0 Å². The number of benzene rings is 1. The van der Waals surface area contributed by atoms with Gasteiger partial charge in [-0.3, -0.25) is 9.36 Å². The molecule has 1 fully saturated rings. The largest absolute Gasteiger partial charge is 0.364 e. The molecule has 1 saturated carbocycles. The van der Waals surface area contributed by atoms with E-state index in [2.05, 4.69) is 10.1 Å². The van der Waals surface area contributed by atoms with Gasteiger partial charge in [0.05, 0.1) is 28.0 Å². The first kappa shape index (κ1) is 15.8. The predicted molar refractivity (Wildman–Crippen MR) is 89.5 cm³/mol. The van der Waals surface area contributed by atoms with Crippen LogP contribution in [0.4, 0.5) is 0 Å². The van der Waals surface area contributed by atoms with Gasteiger partial charge in [-0.15, -0.1) is 0 Å². The lowest BCUT2D eigenvalue weighted by Crippen LogP contribution is -2.35. The third kappa shape index (κ3) is 2.80. The van der Waals surface area contributed by atoms with E-state index in [0.717, 1.165) is 29.4 Å². The summed E-state index contributed by atoms with van der Waals surface area (Å²) in [4.78, 5) is 27.7. The van der Waals surface area contributed by atoms with Gasteiger partial charge in [-0.05, 0) is 31.0 Å². The molecule has 0 amide bonds. The Morgan fingerprint density at radius 2 is 2.08 bits per heavy atom. The van der Waals surface area contributed by atoms with E-state index in [-0.39, 0.29) is 16.8 Å². The summed E-state index contributed by atoms with van der Waals surface area (Å²) in [5.41, 5.74) is 0.649. The lowest BCUT2D eigenvalue weighted by molar-refractivity contribution is 0.411. The topological polar surface area (TPSA) is 115 Å². The Labute approximate surface area is 142 Å². The first-order valence-electron chi connectivity index (χ1n) is 7.74. The number of sulfone groups is 1. The molecule has 1 aliphatic carbocycles. The fourth-order valence-corrected chi connectivity index (χ4v) is 3.50. The monoisotopic (exact) mass is 361 g/mol. The van der Waals surface area contributed by atoms with E-state index in [0.29, 0.717) is 17.0 Å². The van der Waals surface area contributed by atoms with E-state index in [1.54, 1.807) is 0 Å². The molecule has 0 bridgehead atoms. The highest BCUT2D eigenvalue weighted by atomic mass is 32.2. The van der Waals surface area contributed by atoms with Crippen LogP contribution < -0.4 is 11.2 Å². The number of nitrogens with one attached hydrogen (secondary N) is 1. The van der Waals surface area contributed by atoms with Crippen LogP contribution in [0.1, 0.15) is 30.0 Å². The summed E-state index contributed by atoms with van der Waals surface area (Å²) in [7, 11) is -3.46. The Morgan fingerprint density at radius 1 is 1.32 bits per heavy atom. The van der Waals surface area contributed by atoms with Crippen molar-refractivity contribution >= 4 is 20.7 Å². The molecule has 25 heavy (non-hydrogen) atoms. The average molecular weight is 361 g/mol. The van der Waals surface area contributed by atoms with Crippen molar-refractivity contribution in [2.45, 2.75) is 30.2 Å². The number of H-pyrrole nitrogens is 1. The van der Waals surface area contributed by atoms with Crippen molar-refractivity contribution in [3.63, 3.8) is 0 Å². The summed E-state index contributed by atoms with van der Waals surface area (Å²) in [6.45, 7) is 0.0303. The fraction of sp³-hybridized carbons (Fsp3) is 0.312. The lowest BCUT2D eigenvalue weighted by atomic mass is 10.2. The standard InChI is InChI=1S/C16H15N3O5S/c1-25(22,23)11-4-5-13-12(6-11)15(20)19(16(21)17-13)7-10-8-24-18-14(10)9-2-3-9/h4-6,8-9H,2-3,7H2,1H3,(H,17,21). The zero-order chi connectivity index (χ0) is 17.8. The SMILES string of the molecule is CS(=O)(=O)c1ccc2[nH]c(=O)n(Cc3conc3C3CC3)c(=O)c2c1. The Kier molecular flexibility index (Phi) is 3.43. The van der Waals surface area contributed by atoms with Crippen molar-refractivity contribution in [1.29, 1.82) is 0 Å². The van der Waals surface area contributed by atoms with Gasteiger partial charge in [-0.2, -0.15) is 0 Å². The Bertz CT molecular complexity index is 1200. The van der Waals surface area contributed by atoms with Crippen LogP contribution in [0.25, 0.3) is 10.9 Å². The summed E-state index contributed by atoms with van der Waals surface area (Å²) >= 11 is 0. The molecule has 0 radical (unpaired) electrons. The number of rotatable bonds is 4. The zero-order valence-corrected chi connectivity index (χ0v) is 14.2. The first-order valence-corrected chi connectivity index (χ1v) is 9.64. The van der Waals surface area contributed by atoms with Crippen LogP contribution in [0.15, 0.2) is 43.5 Å². The molecule has 8 nitrogen and oxygen atoms in total. The summed E-state index contributed by atoms with van der Waals surface area (Å²) < 4.78 is 29.5. The van der Waals surface area contributed by atoms with Crippen LogP contribution in [-0.4, -0.2) is 29.4 Å². The van der Waals surface area contributed by atoms with Gasteiger partial charge in [-0.1, -0.05) is 5.16 Å². The molecule has 1 aliphatic rings. The molecule has 130 valence electrons. The predicted octanol–water partition coefficient (Wildman–Crippen LogP) is 1.01. The van der Waals surface area contributed by atoms with Crippen LogP contribution in [-0.2, 0) is 16.4 Å². The van der Waals surface area contributed by atoms with Crippen molar-refractivity contribution in [1.82, 2.24) is 14.7 Å². The van der Waals surface area contributed by atoms with Gasteiger partial charge in [-0.25, -0.2) is 13.2 Å². The minimum absolute atomic E-state index is 0.0272. The van der Waals surface area contributed by atoms with Crippen molar-refractivity contribution in [3.8, 4) is 0 Å². The average Bonchev–Trinajstić information content (AvgIpc) is 3.29. The van der Waals surface area contributed by atoms with Crippen LogP contribution in [0.5, 0.6) is 0 Å². The molecule has 2 aromatic heterocycles. The maximum Gasteiger partial charge on any atom is 0.329 e. The summed E-state index contributed by atoms with van der Waals surface area (Å²) in [6.07, 6.45) is 4.54. The second kappa shape index (κ2) is 5.41. The number of aromatic nitrogens is 3. The van der Waals surface area contributed by atoms with Gasteiger partial charge in [0.2, 0.25) is 0 Å². The molecule has 9 heteroatoms. The number of nitrogens with zero attached hydrogens (tertiary/aromatic N) is 2. The van der Waals surface area contributed by atoms with E-state index >= 15 is 0 Å². The zero-order valence-electron chi connectivity index (χ0n) is 13.4. The Balaban J connectivity index is 1.87. The minimum Gasteiger partial charge on any atom is -0.364 e. The summed E-state index contributed by atoms with van der Waals surface area (Å²) in [6, 6.07) is 4.07. The minimum atomic E-state index is -3.46. The number of fused-ring (bicyclic) bond motifs is 1. The molecular weight excluding hydrogens is 346 g/mol. The van der Waals surface area contributed by atoms with E-state index in [9.17, 15) is 18.0 Å². The highest BCUT2D eigenvalue weighted by Gasteiger charge is 2.29. The second-order valence-electron chi connectivity index (χ2n) is 6.30. The normalized spacial score (nSPS) is 14.9. The molecule has 0 saturated heterocycles. The number of hydrogen-bond donors (Lipinski definition) is 1. The lowest BCUT2D eigenvalue weighted by Gasteiger charge is -2.07.